The molecule has 0 saturated heterocycles. The summed E-state index contributed by atoms with van der Waals surface area (Å²) in [7, 11) is 0. The van der Waals surface area contributed by atoms with E-state index in [2.05, 4.69) is 48.1 Å². The van der Waals surface area contributed by atoms with Crippen molar-refractivity contribution in [2.75, 3.05) is 0 Å². The van der Waals surface area contributed by atoms with E-state index in [9.17, 15) is 24.6 Å². The first kappa shape index (κ1) is 30.5. The van der Waals surface area contributed by atoms with Crippen LogP contribution in [-0.2, 0) is 14.4 Å². The molecule has 2 N–H and O–H groups in total. The topological polar surface area (TPSA) is 91.7 Å². The lowest BCUT2D eigenvalue weighted by atomic mass is 9.26. The Morgan fingerprint density at radius 3 is 2.02 bits per heavy atom. The molecule has 0 heterocycles. The molecule has 6 aliphatic rings. The molecule has 0 bridgehead atoms. The highest BCUT2D eigenvalue weighted by atomic mass is 16.4. The van der Waals surface area contributed by atoms with Crippen molar-refractivity contribution < 1.29 is 24.6 Å². The zero-order valence-corrected chi connectivity index (χ0v) is 27.6. The van der Waals surface area contributed by atoms with Crippen LogP contribution in [0.5, 0.6) is 0 Å². The fraction of sp³-hybridized carbons (Fsp3) is 0.865. The van der Waals surface area contributed by atoms with Crippen LogP contribution in [0.15, 0.2) is 12.2 Å². The van der Waals surface area contributed by atoms with Crippen LogP contribution in [0.3, 0.4) is 0 Å². The average Bonchev–Trinajstić information content (AvgIpc) is 3.26. The summed E-state index contributed by atoms with van der Waals surface area (Å²) in [5.41, 5.74) is -2.82. The van der Waals surface area contributed by atoms with Crippen LogP contribution in [0, 0.1) is 67.5 Å². The Labute approximate surface area is 253 Å². The van der Waals surface area contributed by atoms with Gasteiger partial charge in [-0.3, -0.25) is 14.4 Å². The number of carboxylic acids is 1. The minimum absolute atomic E-state index is 0.00427. The number of Topliss-reactive ketones (excluding diaryl/α,β-unsaturated/α-hetero) is 2. The SMILES string of the molecule is C=C(C)[C@@H]1CC[C@]2(C(=O)O)CC3(C(=O)CC(C)(C)CC3=O)[C@]3(C)[C@H](CC[C@@H]4[C@@]5(C)CC[C@H](O)C(C)(C)[C@@H]5CC[C@]43C)[C@@H]12. The quantitative estimate of drug-likeness (QED) is 0.259. The lowest BCUT2D eigenvalue weighted by molar-refractivity contribution is -0.280. The second kappa shape index (κ2) is 8.82. The molecule has 5 heteroatoms. The molecule has 6 aliphatic carbocycles. The van der Waals surface area contributed by atoms with E-state index in [0.29, 0.717) is 31.1 Å². The molecule has 6 fully saturated rings. The predicted molar refractivity (Wildman–Crippen MR) is 163 cm³/mol. The molecule has 0 amide bonds. The molecule has 42 heavy (non-hydrogen) atoms. The fourth-order valence-electron chi connectivity index (χ4n) is 13.9. The van der Waals surface area contributed by atoms with Crippen molar-refractivity contribution >= 4 is 17.5 Å². The van der Waals surface area contributed by atoms with Crippen LogP contribution >= 0.6 is 0 Å². The normalized spacial score (nSPS) is 50.3. The van der Waals surface area contributed by atoms with E-state index >= 15 is 0 Å². The number of ketones is 2. The molecule has 10 atom stereocenters. The number of hydrogen-bond acceptors (Lipinski definition) is 4. The predicted octanol–water partition coefficient (Wildman–Crippen LogP) is 7.64. The number of carbonyl (C=O) groups is 3. The van der Waals surface area contributed by atoms with Crippen molar-refractivity contribution in [3.05, 3.63) is 12.2 Å². The van der Waals surface area contributed by atoms with Crippen molar-refractivity contribution in [1.29, 1.82) is 0 Å². The standard InChI is InChI=1S/C37H56O5/c1-21(2)22-12-17-36(30(41)42)20-37(27(39)18-31(3,4)19-28(37)40)35(9)23(29(22)36)10-11-25-33(7)15-14-26(38)32(5,6)24(33)13-16-34(25,35)8/h22-26,29,38H,1,10-20H2,2-9H3,(H,41,42)/t22-,23+,24-,25+,26-,29+,33-,34+,35+,36-/m0/s1. The van der Waals surface area contributed by atoms with Gasteiger partial charge in [0.05, 0.1) is 16.9 Å². The lowest BCUT2D eigenvalue weighted by Gasteiger charge is -2.76. The Kier molecular flexibility index (Phi) is 6.41. The second-order valence-corrected chi connectivity index (χ2v) is 18.3. The number of hydrogen-bond donors (Lipinski definition) is 2. The molecule has 234 valence electrons. The average molecular weight is 581 g/mol. The van der Waals surface area contributed by atoms with Crippen molar-refractivity contribution in [3.8, 4) is 0 Å². The van der Waals surface area contributed by atoms with Gasteiger partial charge in [0, 0.05) is 12.8 Å². The van der Waals surface area contributed by atoms with Gasteiger partial charge >= 0.3 is 5.97 Å². The van der Waals surface area contributed by atoms with Crippen molar-refractivity contribution in [2.45, 2.75) is 132 Å². The maximum atomic E-state index is 14.9. The zero-order chi connectivity index (χ0) is 31.1. The zero-order valence-electron chi connectivity index (χ0n) is 27.6. The van der Waals surface area contributed by atoms with Crippen LogP contribution in [0.25, 0.3) is 0 Å². The van der Waals surface area contributed by atoms with Gasteiger partial charge in [0.15, 0.2) is 0 Å². The highest BCUT2D eigenvalue weighted by Crippen LogP contribution is 2.82. The number of allylic oxidation sites excluding steroid dienone is 1. The number of aliphatic hydroxyl groups excluding tert-OH is 1. The Balaban J connectivity index is 1.60. The van der Waals surface area contributed by atoms with E-state index in [1.54, 1.807) is 0 Å². The number of fused-ring (bicyclic) bond motifs is 8. The Morgan fingerprint density at radius 1 is 0.833 bits per heavy atom. The molecule has 6 saturated carbocycles. The van der Waals surface area contributed by atoms with Crippen LogP contribution < -0.4 is 0 Å². The summed E-state index contributed by atoms with van der Waals surface area (Å²) in [6.07, 6.45) is 7.30. The molecule has 0 aromatic rings. The molecule has 0 unspecified atom stereocenters. The minimum Gasteiger partial charge on any atom is -0.481 e. The van der Waals surface area contributed by atoms with E-state index in [-0.39, 0.29) is 58.1 Å². The summed E-state index contributed by atoms with van der Waals surface area (Å²) in [6.45, 7) is 22.1. The second-order valence-electron chi connectivity index (χ2n) is 18.3. The summed E-state index contributed by atoms with van der Waals surface area (Å²) in [5.74, 6) is -0.124. The monoisotopic (exact) mass is 580 g/mol. The van der Waals surface area contributed by atoms with Crippen LogP contribution in [0.1, 0.15) is 126 Å². The largest absolute Gasteiger partial charge is 0.481 e. The van der Waals surface area contributed by atoms with E-state index in [0.717, 1.165) is 50.5 Å². The van der Waals surface area contributed by atoms with Gasteiger partial charge in [0.1, 0.15) is 11.6 Å². The van der Waals surface area contributed by atoms with Crippen molar-refractivity contribution in [1.82, 2.24) is 0 Å². The number of carbonyl (C=O) groups excluding carboxylic acids is 2. The summed E-state index contributed by atoms with van der Waals surface area (Å²) in [4.78, 5) is 43.3. The third-order valence-corrected chi connectivity index (χ3v) is 15.9. The van der Waals surface area contributed by atoms with E-state index in [4.69, 9.17) is 0 Å². The van der Waals surface area contributed by atoms with Gasteiger partial charge in [-0.25, -0.2) is 0 Å². The first-order valence-electron chi connectivity index (χ1n) is 16.9. The van der Waals surface area contributed by atoms with Gasteiger partial charge in [0.2, 0.25) is 0 Å². The first-order chi connectivity index (χ1) is 19.3. The molecule has 0 aliphatic heterocycles. The summed E-state index contributed by atoms with van der Waals surface area (Å²) in [5, 5.41) is 22.2. The molecule has 1 spiro atoms. The van der Waals surface area contributed by atoms with Gasteiger partial charge in [-0.05, 0) is 121 Å². The van der Waals surface area contributed by atoms with Crippen LogP contribution in [0.2, 0.25) is 0 Å². The van der Waals surface area contributed by atoms with Crippen molar-refractivity contribution in [3.63, 3.8) is 0 Å². The highest BCUT2D eigenvalue weighted by molar-refractivity contribution is 6.11. The van der Waals surface area contributed by atoms with Crippen LogP contribution in [-0.4, -0.2) is 33.9 Å². The molecule has 0 aromatic heterocycles. The Morgan fingerprint density at radius 2 is 1.45 bits per heavy atom. The Hall–Kier alpha value is -1.49. The van der Waals surface area contributed by atoms with Crippen molar-refractivity contribution in [2.24, 2.45) is 67.5 Å². The summed E-state index contributed by atoms with van der Waals surface area (Å²) in [6, 6.07) is 0. The highest BCUT2D eigenvalue weighted by Gasteiger charge is 2.81. The molecule has 6 rings (SSSR count). The summed E-state index contributed by atoms with van der Waals surface area (Å²) < 4.78 is 0. The maximum Gasteiger partial charge on any atom is 0.309 e. The number of aliphatic hydroxyl groups is 1. The number of rotatable bonds is 2. The van der Waals surface area contributed by atoms with Gasteiger partial charge < -0.3 is 10.2 Å². The first-order valence-corrected chi connectivity index (χ1v) is 16.9. The lowest BCUT2D eigenvalue weighted by Crippen LogP contribution is -2.76. The molecular formula is C37H56O5. The van der Waals surface area contributed by atoms with E-state index in [1.807, 2.05) is 13.8 Å². The number of aliphatic carboxylic acids is 1. The Bertz CT molecular complexity index is 1220. The van der Waals surface area contributed by atoms with Gasteiger partial charge in [-0.1, -0.05) is 60.6 Å². The van der Waals surface area contributed by atoms with E-state index in [1.165, 1.54) is 0 Å². The smallest absolute Gasteiger partial charge is 0.309 e. The van der Waals surface area contributed by atoms with Gasteiger partial charge in [-0.15, -0.1) is 0 Å². The van der Waals surface area contributed by atoms with Crippen LogP contribution in [0.4, 0.5) is 0 Å². The molecule has 0 radical (unpaired) electrons. The fourth-order valence-corrected chi connectivity index (χ4v) is 13.9. The molecule has 0 aromatic carbocycles. The minimum atomic E-state index is -1.27. The molecule has 5 nitrogen and oxygen atoms in total. The third-order valence-electron chi connectivity index (χ3n) is 15.9. The van der Waals surface area contributed by atoms with E-state index < -0.39 is 27.6 Å². The third kappa shape index (κ3) is 3.33. The maximum absolute atomic E-state index is 14.9. The van der Waals surface area contributed by atoms with Gasteiger partial charge in [-0.2, -0.15) is 0 Å². The summed E-state index contributed by atoms with van der Waals surface area (Å²) >= 11 is 0. The van der Waals surface area contributed by atoms with Gasteiger partial charge in [0.25, 0.3) is 0 Å². The number of carboxylic acid groups (broad SMARTS) is 1. The molecular weight excluding hydrogens is 524 g/mol.